The number of carboxylic acid groups (broad SMARTS) is 5. The van der Waals surface area contributed by atoms with E-state index in [1.165, 1.54) is 6.92 Å². The summed E-state index contributed by atoms with van der Waals surface area (Å²) in [7, 11) is 0. The fraction of sp³-hybridized carbons (Fsp3) is 0.630. The predicted octanol–water partition coefficient (Wildman–Crippen LogP) is 4.14. The minimum atomic E-state index is -1.32. The Bertz CT molecular complexity index is 2210. The van der Waals surface area contributed by atoms with Crippen molar-refractivity contribution in [2.45, 2.75) is 116 Å². The van der Waals surface area contributed by atoms with Crippen molar-refractivity contribution in [1.82, 2.24) is 24.9 Å². The second-order valence-corrected chi connectivity index (χ2v) is 20.4. The highest BCUT2D eigenvalue weighted by atomic mass is 16.4. The summed E-state index contributed by atoms with van der Waals surface area (Å²) >= 11 is 0. The Balaban J connectivity index is 1.30. The monoisotopic (exact) mass is 1040 g/mol. The summed E-state index contributed by atoms with van der Waals surface area (Å²) < 4.78 is 0. The molecule has 2 aromatic rings. The number of benzene rings is 2. The quantitative estimate of drug-likeness (QED) is 0.0579. The lowest BCUT2D eigenvalue weighted by molar-refractivity contribution is -0.146. The first-order valence-electron chi connectivity index (χ1n) is 26.1. The van der Waals surface area contributed by atoms with Crippen LogP contribution in [0.5, 0.6) is 0 Å². The fourth-order valence-electron chi connectivity index (χ4n) is 10.0. The first-order chi connectivity index (χ1) is 35.2. The molecule has 3 atom stereocenters. The van der Waals surface area contributed by atoms with Crippen LogP contribution in [0.1, 0.15) is 109 Å². The van der Waals surface area contributed by atoms with E-state index in [0.29, 0.717) is 97.3 Å². The number of hydrogen-bond donors (Lipinski definition) is 6. The normalized spacial score (nSPS) is 19.0. The third-order valence-corrected chi connectivity index (χ3v) is 14.3. The maximum atomic E-state index is 13.9. The molecule has 4 rings (SSSR count). The Labute approximate surface area is 432 Å². The molecule has 1 heterocycles. The highest BCUT2D eigenvalue weighted by Gasteiger charge is 2.31. The SMILES string of the molecule is CC(=O)CN1CCN(CC(=O)O)CCN(CC(=O)CCC2CCC(C(=O)N[C@@H](Cc3ccc4ccccc4c3)C(=O)CCCCC[C@H](CC(=O)C[C@@H](CCC(=O)O)C(=O)O)C(=O)O)CC2)CCN(CC(=O)O)CC1. The molecular formula is C54H77N5O15. The van der Waals surface area contributed by atoms with Crippen LogP contribution in [-0.2, 0) is 54.4 Å². The highest BCUT2D eigenvalue weighted by Crippen LogP contribution is 2.32. The molecule has 1 saturated heterocycles. The molecule has 0 aromatic heterocycles. The van der Waals surface area contributed by atoms with Gasteiger partial charge < -0.3 is 30.8 Å². The Morgan fingerprint density at radius 2 is 1.08 bits per heavy atom. The first-order valence-corrected chi connectivity index (χ1v) is 26.1. The van der Waals surface area contributed by atoms with Crippen molar-refractivity contribution >= 4 is 69.7 Å². The van der Waals surface area contributed by atoms with Crippen LogP contribution >= 0.6 is 0 Å². The van der Waals surface area contributed by atoms with Crippen molar-refractivity contribution < 1.29 is 73.5 Å². The van der Waals surface area contributed by atoms with Crippen LogP contribution in [0, 0.1) is 23.7 Å². The van der Waals surface area contributed by atoms with Crippen molar-refractivity contribution in [2.75, 3.05) is 78.5 Å². The Morgan fingerprint density at radius 3 is 1.61 bits per heavy atom. The molecule has 1 aliphatic heterocycles. The predicted molar refractivity (Wildman–Crippen MR) is 272 cm³/mol. The summed E-state index contributed by atoms with van der Waals surface area (Å²) in [6, 6.07) is 12.9. The molecule has 20 heteroatoms. The molecule has 0 bridgehead atoms. The number of ketones is 4. The van der Waals surface area contributed by atoms with E-state index in [-0.39, 0.29) is 93.4 Å². The third kappa shape index (κ3) is 23.1. The van der Waals surface area contributed by atoms with Gasteiger partial charge in [0.15, 0.2) is 5.78 Å². The summed E-state index contributed by atoms with van der Waals surface area (Å²) in [5.74, 6) is -9.05. The second-order valence-electron chi connectivity index (χ2n) is 20.4. The largest absolute Gasteiger partial charge is 0.481 e. The number of fused-ring (bicyclic) bond motifs is 1. The minimum Gasteiger partial charge on any atom is -0.481 e. The van der Waals surface area contributed by atoms with E-state index in [1.54, 1.807) is 9.80 Å². The van der Waals surface area contributed by atoms with Crippen LogP contribution in [0.25, 0.3) is 10.8 Å². The van der Waals surface area contributed by atoms with E-state index in [4.69, 9.17) is 5.11 Å². The molecular weight excluding hydrogens is 959 g/mol. The Kier molecular flexibility index (Phi) is 26.0. The Hall–Kier alpha value is -5.96. The third-order valence-electron chi connectivity index (χ3n) is 14.3. The molecule has 1 saturated carbocycles. The van der Waals surface area contributed by atoms with E-state index in [9.17, 15) is 68.4 Å². The number of nitrogens with zero attached hydrogens (tertiary/aromatic N) is 4. The van der Waals surface area contributed by atoms with E-state index in [2.05, 4.69) is 5.32 Å². The van der Waals surface area contributed by atoms with E-state index in [1.807, 2.05) is 52.3 Å². The lowest BCUT2D eigenvalue weighted by atomic mass is 9.79. The lowest BCUT2D eigenvalue weighted by Crippen LogP contribution is -2.49. The van der Waals surface area contributed by atoms with Crippen molar-refractivity contribution in [1.29, 1.82) is 0 Å². The van der Waals surface area contributed by atoms with Crippen LogP contribution in [0.15, 0.2) is 42.5 Å². The number of amides is 1. The van der Waals surface area contributed by atoms with Gasteiger partial charge in [0.1, 0.15) is 17.3 Å². The topological polar surface area (TPSA) is 297 Å². The van der Waals surface area contributed by atoms with Crippen LogP contribution < -0.4 is 5.32 Å². The van der Waals surface area contributed by atoms with Crippen LogP contribution in [0.4, 0.5) is 0 Å². The number of nitrogens with one attached hydrogen (secondary N) is 1. The molecule has 74 heavy (non-hydrogen) atoms. The number of unbranched alkanes of at least 4 members (excludes halogenated alkanes) is 2. The van der Waals surface area contributed by atoms with Gasteiger partial charge in [0, 0.05) is 90.4 Å². The first kappa shape index (κ1) is 60.6. The van der Waals surface area contributed by atoms with E-state index >= 15 is 0 Å². The van der Waals surface area contributed by atoms with Gasteiger partial charge in [-0.3, -0.25) is 67.5 Å². The zero-order valence-corrected chi connectivity index (χ0v) is 42.8. The van der Waals surface area contributed by atoms with Crippen LogP contribution in [0.3, 0.4) is 0 Å². The van der Waals surface area contributed by atoms with Gasteiger partial charge in [-0.25, -0.2) is 0 Å². The number of carbonyl (C=O) groups excluding carboxylic acids is 5. The maximum Gasteiger partial charge on any atom is 0.317 e. The smallest absolute Gasteiger partial charge is 0.317 e. The molecule has 408 valence electrons. The molecule has 0 unspecified atom stereocenters. The van der Waals surface area contributed by atoms with Gasteiger partial charge in [0.2, 0.25) is 5.91 Å². The zero-order chi connectivity index (χ0) is 54.2. The van der Waals surface area contributed by atoms with Gasteiger partial charge in [-0.15, -0.1) is 0 Å². The maximum absolute atomic E-state index is 13.9. The number of hydrogen-bond acceptors (Lipinski definition) is 14. The minimum absolute atomic E-state index is 0.0170. The van der Waals surface area contributed by atoms with Crippen molar-refractivity contribution in [3.8, 4) is 0 Å². The molecule has 1 amide bonds. The standard InChI is InChI=1S/C54H77N5O15/c1-37(60)33-56-21-25-58(35-50(66)67)27-23-57(24-28-59(26-22-56)36-51(68)69)34-45(61)19-14-38-11-16-41(17-12-38)52(70)55-47(30-39-13-15-40-7-5-6-8-42(40)29-39)48(63)10-4-2-3-9-43(53(71)72)31-46(62)32-44(54(73)74)18-20-49(64)65/h5-8,13,15,29,38,41,43-44,47H,2-4,9-12,14,16-28,30-36H2,1H3,(H,55,70)(H,64,65)(H,66,67)(H,68,69)(H,71,72)(H,73,74)/t38?,41?,43-,44-,47+/m1/s1. The van der Waals surface area contributed by atoms with Gasteiger partial charge >= 0.3 is 29.8 Å². The number of Topliss-reactive ketones (excluding diaryl/α,β-unsaturated/α-hetero) is 4. The van der Waals surface area contributed by atoms with E-state index in [0.717, 1.165) is 29.2 Å². The molecule has 0 radical (unpaired) electrons. The van der Waals surface area contributed by atoms with Gasteiger partial charge in [-0.1, -0.05) is 55.3 Å². The summed E-state index contributed by atoms with van der Waals surface area (Å²) in [6.07, 6.45) is 3.85. The van der Waals surface area contributed by atoms with Gasteiger partial charge in [-0.2, -0.15) is 0 Å². The molecule has 20 nitrogen and oxygen atoms in total. The summed E-state index contributed by atoms with van der Waals surface area (Å²) in [5.41, 5.74) is 0.873. The summed E-state index contributed by atoms with van der Waals surface area (Å²) in [6.45, 7) is 4.55. The molecule has 0 spiro atoms. The average molecular weight is 1040 g/mol. The fourth-order valence-corrected chi connectivity index (χ4v) is 10.0. The van der Waals surface area contributed by atoms with Gasteiger partial charge in [0.25, 0.3) is 0 Å². The highest BCUT2D eigenvalue weighted by molar-refractivity contribution is 5.91. The molecule has 2 aliphatic rings. The van der Waals surface area contributed by atoms with E-state index < -0.39 is 66.3 Å². The van der Waals surface area contributed by atoms with Gasteiger partial charge in [-0.05, 0) is 87.0 Å². The number of carboxylic acids is 5. The molecule has 1 aliphatic carbocycles. The molecule has 6 N–H and O–H groups in total. The van der Waals surface area contributed by atoms with Crippen molar-refractivity contribution in [3.05, 3.63) is 48.0 Å². The van der Waals surface area contributed by atoms with Crippen molar-refractivity contribution in [3.63, 3.8) is 0 Å². The summed E-state index contributed by atoms with van der Waals surface area (Å²) in [4.78, 5) is 131. The van der Waals surface area contributed by atoms with Crippen LogP contribution in [-0.4, -0.2) is 189 Å². The lowest BCUT2D eigenvalue weighted by Gasteiger charge is -2.33. The average Bonchev–Trinajstić information content (AvgIpc) is 3.34. The van der Waals surface area contributed by atoms with Crippen molar-refractivity contribution in [2.24, 2.45) is 23.7 Å². The summed E-state index contributed by atoms with van der Waals surface area (Å²) in [5, 5.41) is 52.4. The Morgan fingerprint density at radius 1 is 0.554 bits per heavy atom. The van der Waals surface area contributed by atoms with Gasteiger partial charge in [0.05, 0.1) is 44.1 Å². The number of carbonyl (C=O) groups is 10. The second kappa shape index (κ2) is 31.7. The zero-order valence-electron chi connectivity index (χ0n) is 42.8. The molecule has 2 aromatic carbocycles. The molecule has 2 fully saturated rings. The number of rotatable bonds is 31. The van der Waals surface area contributed by atoms with Crippen LogP contribution in [0.2, 0.25) is 0 Å². The number of aliphatic carboxylic acids is 5.